The molecule has 0 aliphatic carbocycles. The Labute approximate surface area is 198 Å². The number of rotatable bonds is 7. The molecule has 0 aliphatic heterocycles. The monoisotopic (exact) mass is 470 g/mol. The van der Waals surface area contributed by atoms with Gasteiger partial charge in [0.15, 0.2) is 11.5 Å². The Morgan fingerprint density at radius 2 is 1.91 bits per heavy atom. The van der Waals surface area contributed by atoms with Crippen molar-refractivity contribution in [1.29, 1.82) is 5.26 Å². The fraction of sp³-hybridized carbons (Fsp3) is 0.0769. The molecule has 4 rings (SSSR count). The number of esters is 1. The number of carbonyl (C=O) groups is 2. The minimum Gasteiger partial charge on any atom is -0.493 e. The van der Waals surface area contributed by atoms with E-state index in [9.17, 15) is 19.6 Å². The Kier molecular flexibility index (Phi) is 6.74. The van der Waals surface area contributed by atoms with Gasteiger partial charge in [-0.15, -0.1) is 0 Å². The average Bonchev–Trinajstić information content (AvgIpc) is 3.39. The summed E-state index contributed by atoms with van der Waals surface area (Å²) < 4.78 is 21.0. The smallest absolute Gasteiger partial charge is 0.351 e. The van der Waals surface area contributed by atoms with Crippen LogP contribution in [0.15, 0.2) is 86.1 Å². The molecule has 9 nitrogen and oxygen atoms in total. The summed E-state index contributed by atoms with van der Waals surface area (Å²) in [6, 6.07) is 17.9. The molecular weight excluding hydrogens is 452 g/mol. The number of nitrogens with zero attached hydrogens (tertiary/aromatic N) is 1. The van der Waals surface area contributed by atoms with Crippen LogP contribution in [0, 0.1) is 11.3 Å². The van der Waals surface area contributed by atoms with Crippen molar-refractivity contribution >= 4 is 28.9 Å². The SMILES string of the molecule is COc1cc(/C=C(\C#N)C(=O)NCc2ccco2)ccc1OC(=O)c1cc2ccccc2oc1=O. The molecule has 0 saturated carbocycles. The van der Waals surface area contributed by atoms with Crippen molar-refractivity contribution in [3.8, 4) is 17.6 Å². The van der Waals surface area contributed by atoms with E-state index in [0.717, 1.165) is 0 Å². The molecule has 0 unspecified atom stereocenters. The number of fused-ring (bicyclic) bond motifs is 1. The van der Waals surface area contributed by atoms with Gasteiger partial charge in [0.25, 0.3) is 5.91 Å². The molecule has 2 aromatic carbocycles. The van der Waals surface area contributed by atoms with Crippen LogP contribution < -0.4 is 20.4 Å². The van der Waals surface area contributed by atoms with Crippen molar-refractivity contribution in [2.24, 2.45) is 0 Å². The molecule has 1 N–H and O–H groups in total. The Hall–Kier alpha value is -5.10. The van der Waals surface area contributed by atoms with E-state index in [1.54, 1.807) is 36.4 Å². The maximum absolute atomic E-state index is 12.7. The second kappa shape index (κ2) is 10.2. The normalized spacial score (nSPS) is 11.0. The van der Waals surface area contributed by atoms with E-state index in [1.165, 1.54) is 43.7 Å². The Balaban J connectivity index is 1.53. The number of furan rings is 1. The molecule has 0 atom stereocenters. The lowest BCUT2D eigenvalue weighted by atomic mass is 10.1. The van der Waals surface area contributed by atoms with Crippen molar-refractivity contribution in [1.82, 2.24) is 5.32 Å². The molecule has 35 heavy (non-hydrogen) atoms. The first-order valence-electron chi connectivity index (χ1n) is 10.3. The molecule has 4 aromatic rings. The van der Waals surface area contributed by atoms with Gasteiger partial charge < -0.3 is 23.6 Å². The van der Waals surface area contributed by atoms with E-state index >= 15 is 0 Å². The molecule has 0 saturated heterocycles. The second-order valence-corrected chi connectivity index (χ2v) is 7.22. The van der Waals surface area contributed by atoms with Gasteiger partial charge in [0.2, 0.25) is 0 Å². The third-order valence-electron chi connectivity index (χ3n) is 4.93. The van der Waals surface area contributed by atoms with Gasteiger partial charge in [-0.3, -0.25) is 4.79 Å². The summed E-state index contributed by atoms with van der Waals surface area (Å²) in [5, 5.41) is 12.6. The Morgan fingerprint density at radius 1 is 1.09 bits per heavy atom. The summed E-state index contributed by atoms with van der Waals surface area (Å²) in [7, 11) is 1.37. The number of methoxy groups -OCH3 is 1. The van der Waals surface area contributed by atoms with Crippen LogP contribution in [-0.4, -0.2) is 19.0 Å². The first-order valence-corrected chi connectivity index (χ1v) is 10.3. The predicted octanol–water partition coefficient (Wildman–Crippen LogP) is 3.84. The summed E-state index contributed by atoms with van der Waals surface area (Å²) in [6.45, 7) is 0.131. The number of hydrogen-bond acceptors (Lipinski definition) is 8. The van der Waals surface area contributed by atoms with Crippen molar-refractivity contribution in [3.05, 3.63) is 99.8 Å². The van der Waals surface area contributed by atoms with E-state index in [1.807, 2.05) is 6.07 Å². The van der Waals surface area contributed by atoms with Crippen LogP contribution in [0.3, 0.4) is 0 Å². The molecule has 1 amide bonds. The van der Waals surface area contributed by atoms with Crippen LogP contribution >= 0.6 is 0 Å². The molecule has 2 aromatic heterocycles. The second-order valence-electron chi connectivity index (χ2n) is 7.22. The average molecular weight is 470 g/mol. The van der Waals surface area contributed by atoms with Crippen molar-refractivity contribution < 1.29 is 27.9 Å². The fourth-order valence-electron chi connectivity index (χ4n) is 3.21. The highest BCUT2D eigenvalue weighted by Gasteiger charge is 2.18. The largest absolute Gasteiger partial charge is 0.493 e. The number of nitriles is 1. The summed E-state index contributed by atoms with van der Waals surface area (Å²) in [4.78, 5) is 37.2. The third kappa shape index (κ3) is 5.29. The number of carbonyl (C=O) groups excluding carboxylic acids is 2. The van der Waals surface area contributed by atoms with Gasteiger partial charge in [-0.25, -0.2) is 9.59 Å². The number of nitrogens with one attached hydrogen (secondary N) is 1. The van der Waals surface area contributed by atoms with E-state index in [4.69, 9.17) is 18.3 Å². The van der Waals surface area contributed by atoms with Crippen molar-refractivity contribution in [2.45, 2.75) is 6.54 Å². The summed E-state index contributed by atoms with van der Waals surface area (Å²) >= 11 is 0. The maximum atomic E-state index is 12.7. The highest BCUT2D eigenvalue weighted by atomic mass is 16.6. The van der Waals surface area contributed by atoms with Gasteiger partial charge in [0.1, 0.15) is 28.5 Å². The number of hydrogen-bond donors (Lipinski definition) is 1. The summed E-state index contributed by atoms with van der Waals surface area (Å²) in [5.74, 6) is -0.750. The van der Waals surface area contributed by atoms with Gasteiger partial charge in [-0.05, 0) is 48.0 Å². The summed E-state index contributed by atoms with van der Waals surface area (Å²) in [5.41, 5.74) is -0.431. The van der Waals surface area contributed by atoms with Crippen LogP contribution in [0.1, 0.15) is 21.7 Å². The van der Waals surface area contributed by atoms with E-state index in [2.05, 4.69) is 5.32 Å². The molecule has 0 radical (unpaired) electrons. The standard InChI is InChI=1S/C26H18N2O7/c1-32-23-12-16(11-18(14-27)24(29)28-15-19-6-4-10-33-19)8-9-22(23)35-26(31)20-13-17-5-2-3-7-21(17)34-25(20)30/h2-13H,15H2,1H3,(H,28,29)/b18-11+. The molecule has 0 fully saturated rings. The zero-order valence-corrected chi connectivity index (χ0v) is 18.4. The van der Waals surface area contributed by atoms with Crippen LogP contribution in [0.25, 0.3) is 17.0 Å². The number of benzene rings is 2. The van der Waals surface area contributed by atoms with Crippen LogP contribution in [-0.2, 0) is 11.3 Å². The molecule has 0 bridgehead atoms. The fourth-order valence-corrected chi connectivity index (χ4v) is 3.21. The quantitative estimate of drug-likeness (QED) is 0.142. The highest BCUT2D eigenvalue weighted by molar-refractivity contribution is 6.01. The van der Waals surface area contributed by atoms with Gasteiger partial charge in [-0.2, -0.15) is 5.26 Å². The zero-order chi connectivity index (χ0) is 24.8. The van der Waals surface area contributed by atoms with Crippen LogP contribution in [0.4, 0.5) is 0 Å². The summed E-state index contributed by atoms with van der Waals surface area (Å²) in [6.07, 6.45) is 2.85. The van der Waals surface area contributed by atoms with E-state index in [-0.39, 0.29) is 29.2 Å². The lowest BCUT2D eigenvalue weighted by Crippen LogP contribution is -2.23. The zero-order valence-electron chi connectivity index (χ0n) is 18.4. The van der Waals surface area contributed by atoms with Crippen LogP contribution in [0.5, 0.6) is 11.5 Å². The molecular formula is C26H18N2O7. The lowest BCUT2D eigenvalue weighted by molar-refractivity contribution is -0.117. The number of para-hydroxylation sites is 1. The maximum Gasteiger partial charge on any atom is 0.351 e. The molecule has 2 heterocycles. The number of ether oxygens (including phenoxy) is 2. The predicted molar refractivity (Wildman–Crippen MR) is 125 cm³/mol. The van der Waals surface area contributed by atoms with Crippen molar-refractivity contribution in [2.75, 3.05) is 7.11 Å². The topological polar surface area (TPSA) is 132 Å². The van der Waals surface area contributed by atoms with Crippen LogP contribution in [0.2, 0.25) is 0 Å². The van der Waals surface area contributed by atoms with E-state index in [0.29, 0.717) is 22.3 Å². The van der Waals surface area contributed by atoms with Gasteiger partial charge in [-0.1, -0.05) is 24.3 Å². The van der Waals surface area contributed by atoms with Crippen molar-refractivity contribution in [3.63, 3.8) is 0 Å². The first kappa shape index (κ1) is 23.1. The lowest BCUT2D eigenvalue weighted by Gasteiger charge is -2.10. The molecule has 9 heteroatoms. The Morgan fingerprint density at radius 3 is 2.66 bits per heavy atom. The Bertz CT molecular complexity index is 1530. The third-order valence-corrected chi connectivity index (χ3v) is 4.93. The number of amides is 1. The molecule has 174 valence electrons. The van der Waals surface area contributed by atoms with E-state index < -0.39 is 17.5 Å². The van der Waals surface area contributed by atoms with Gasteiger partial charge in [0.05, 0.1) is 19.9 Å². The van der Waals surface area contributed by atoms with Gasteiger partial charge in [0, 0.05) is 5.39 Å². The minimum absolute atomic E-state index is 0.0444. The molecule has 0 aliphatic rings. The van der Waals surface area contributed by atoms with Gasteiger partial charge >= 0.3 is 11.6 Å². The first-order chi connectivity index (χ1) is 17.0. The minimum atomic E-state index is -0.916. The molecule has 0 spiro atoms. The highest BCUT2D eigenvalue weighted by Crippen LogP contribution is 2.30.